The van der Waals surface area contributed by atoms with Crippen molar-refractivity contribution >= 4 is 10.8 Å². The van der Waals surface area contributed by atoms with Crippen molar-refractivity contribution in [2.75, 3.05) is 6.61 Å². The highest BCUT2D eigenvalue weighted by Gasteiger charge is 2.02. The number of aliphatic hydroxyl groups excluding tert-OH is 1. The van der Waals surface area contributed by atoms with E-state index in [2.05, 4.69) is 0 Å². The summed E-state index contributed by atoms with van der Waals surface area (Å²) in [6.45, 7) is 2.56. The number of benzene rings is 3. The maximum Gasteiger partial charge on any atom is 0.120 e. The Morgan fingerprint density at radius 3 is 2.04 bits per heavy atom. The maximum atomic E-state index is 9.27. The second kappa shape index (κ2) is 7.16. The fourth-order valence-corrected chi connectivity index (χ4v) is 2.34. The van der Waals surface area contributed by atoms with E-state index in [1.807, 2.05) is 66.7 Å². The van der Waals surface area contributed by atoms with Crippen LogP contribution in [0.25, 0.3) is 10.8 Å². The van der Waals surface area contributed by atoms with Gasteiger partial charge in [0.15, 0.2) is 0 Å². The SMILES string of the molecule is C[C@H](O)COc1ccc2cc(OCc3ccccc3)ccc2c1. The molecule has 0 radical (unpaired) electrons. The predicted molar refractivity (Wildman–Crippen MR) is 91.9 cm³/mol. The first kappa shape index (κ1) is 15.4. The molecule has 0 amide bonds. The number of rotatable bonds is 6. The molecule has 0 heterocycles. The maximum absolute atomic E-state index is 9.27. The Hall–Kier alpha value is -2.52. The van der Waals surface area contributed by atoms with Crippen LogP contribution in [0.15, 0.2) is 66.7 Å². The first-order valence-electron chi connectivity index (χ1n) is 7.72. The van der Waals surface area contributed by atoms with E-state index in [0.717, 1.165) is 27.8 Å². The van der Waals surface area contributed by atoms with Gasteiger partial charge in [-0.3, -0.25) is 0 Å². The van der Waals surface area contributed by atoms with Gasteiger partial charge in [-0.15, -0.1) is 0 Å². The molecule has 1 atom stereocenters. The summed E-state index contributed by atoms with van der Waals surface area (Å²) in [6, 6.07) is 22.0. The Bertz CT molecular complexity index is 766. The Balaban J connectivity index is 1.70. The zero-order valence-electron chi connectivity index (χ0n) is 13.1. The molecule has 3 aromatic rings. The lowest BCUT2D eigenvalue weighted by atomic mass is 10.1. The topological polar surface area (TPSA) is 38.7 Å². The third kappa shape index (κ3) is 4.24. The minimum atomic E-state index is -0.473. The number of ether oxygens (including phenoxy) is 2. The molecule has 0 spiro atoms. The minimum Gasteiger partial charge on any atom is -0.491 e. The van der Waals surface area contributed by atoms with Crippen molar-refractivity contribution in [3.05, 3.63) is 72.3 Å². The second-order valence-corrected chi connectivity index (χ2v) is 5.61. The quantitative estimate of drug-likeness (QED) is 0.742. The summed E-state index contributed by atoms with van der Waals surface area (Å²) in [5.41, 5.74) is 1.15. The van der Waals surface area contributed by atoms with Crippen LogP contribution in [0.4, 0.5) is 0 Å². The zero-order valence-corrected chi connectivity index (χ0v) is 13.1. The standard InChI is InChI=1S/C20H20O3/c1-15(21)13-22-19-9-7-18-12-20(10-8-17(18)11-19)23-14-16-5-3-2-4-6-16/h2-12,15,21H,13-14H2,1H3/t15-/m0/s1. The molecule has 0 aliphatic rings. The van der Waals surface area contributed by atoms with Gasteiger partial charge in [0.2, 0.25) is 0 Å². The molecule has 0 aromatic heterocycles. The van der Waals surface area contributed by atoms with Gasteiger partial charge in [0, 0.05) is 0 Å². The van der Waals surface area contributed by atoms with Crippen molar-refractivity contribution in [3.8, 4) is 11.5 Å². The van der Waals surface area contributed by atoms with Crippen LogP contribution in [-0.2, 0) is 6.61 Å². The van der Waals surface area contributed by atoms with Crippen LogP contribution in [0.3, 0.4) is 0 Å². The summed E-state index contributed by atoms with van der Waals surface area (Å²) in [7, 11) is 0. The van der Waals surface area contributed by atoms with Gasteiger partial charge >= 0.3 is 0 Å². The summed E-state index contributed by atoms with van der Waals surface area (Å²) in [4.78, 5) is 0. The molecule has 0 unspecified atom stereocenters. The van der Waals surface area contributed by atoms with Crippen LogP contribution >= 0.6 is 0 Å². The molecular formula is C20H20O3. The molecule has 23 heavy (non-hydrogen) atoms. The van der Waals surface area contributed by atoms with Crippen LogP contribution in [0.1, 0.15) is 12.5 Å². The summed E-state index contributed by atoms with van der Waals surface area (Å²) in [5, 5.41) is 11.5. The fourth-order valence-electron chi connectivity index (χ4n) is 2.34. The van der Waals surface area contributed by atoms with E-state index >= 15 is 0 Å². The zero-order chi connectivity index (χ0) is 16.1. The van der Waals surface area contributed by atoms with Crippen LogP contribution in [0.2, 0.25) is 0 Å². The highest BCUT2D eigenvalue weighted by atomic mass is 16.5. The molecule has 0 aliphatic carbocycles. The van der Waals surface area contributed by atoms with Crippen LogP contribution < -0.4 is 9.47 Å². The lowest BCUT2D eigenvalue weighted by Crippen LogP contribution is -2.12. The number of hydrogen-bond acceptors (Lipinski definition) is 3. The van der Waals surface area contributed by atoms with E-state index in [0.29, 0.717) is 13.2 Å². The first-order valence-corrected chi connectivity index (χ1v) is 7.72. The van der Waals surface area contributed by atoms with Crippen molar-refractivity contribution < 1.29 is 14.6 Å². The molecule has 0 aliphatic heterocycles. The van der Waals surface area contributed by atoms with Gasteiger partial charge in [0.25, 0.3) is 0 Å². The average molecular weight is 308 g/mol. The Morgan fingerprint density at radius 1 is 0.826 bits per heavy atom. The predicted octanol–water partition coefficient (Wildman–Crippen LogP) is 4.18. The van der Waals surface area contributed by atoms with Crippen LogP contribution in [0.5, 0.6) is 11.5 Å². The van der Waals surface area contributed by atoms with Gasteiger partial charge in [0.1, 0.15) is 24.7 Å². The summed E-state index contributed by atoms with van der Waals surface area (Å²) in [5.74, 6) is 1.61. The molecular weight excluding hydrogens is 288 g/mol. The van der Waals surface area contributed by atoms with Gasteiger partial charge in [-0.2, -0.15) is 0 Å². The average Bonchev–Trinajstić information content (AvgIpc) is 2.59. The van der Waals surface area contributed by atoms with Crippen LogP contribution in [-0.4, -0.2) is 17.8 Å². The first-order chi connectivity index (χ1) is 11.2. The summed E-state index contributed by atoms with van der Waals surface area (Å²) < 4.78 is 11.4. The summed E-state index contributed by atoms with van der Waals surface area (Å²) in [6.07, 6.45) is -0.473. The van der Waals surface area contributed by atoms with Crippen molar-refractivity contribution in [2.45, 2.75) is 19.6 Å². The highest BCUT2D eigenvalue weighted by molar-refractivity contribution is 5.85. The van der Waals surface area contributed by atoms with Crippen LogP contribution in [0, 0.1) is 0 Å². The fraction of sp³-hybridized carbons (Fsp3) is 0.200. The van der Waals surface area contributed by atoms with E-state index in [-0.39, 0.29) is 0 Å². The van der Waals surface area contributed by atoms with Crippen molar-refractivity contribution in [1.29, 1.82) is 0 Å². The second-order valence-electron chi connectivity index (χ2n) is 5.61. The lowest BCUT2D eigenvalue weighted by molar-refractivity contribution is 0.123. The highest BCUT2D eigenvalue weighted by Crippen LogP contribution is 2.25. The normalized spacial score (nSPS) is 12.1. The molecule has 118 valence electrons. The van der Waals surface area contributed by atoms with Gasteiger partial charge in [0.05, 0.1) is 6.10 Å². The monoisotopic (exact) mass is 308 g/mol. The van der Waals surface area contributed by atoms with E-state index in [4.69, 9.17) is 9.47 Å². The molecule has 3 heteroatoms. The van der Waals surface area contributed by atoms with Gasteiger partial charge in [-0.25, -0.2) is 0 Å². The van der Waals surface area contributed by atoms with Gasteiger partial charge in [-0.05, 0) is 47.5 Å². The summed E-state index contributed by atoms with van der Waals surface area (Å²) >= 11 is 0. The Labute approximate surface area is 136 Å². The number of fused-ring (bicyclic) bond motifs is 1. The Morgan fingerprint density at radius 2 is 1.43 bits per heavy atom. The van der Waals surface area contributed by atoms with E-state index in [1.54, 1.807) is 6.92 Å². The van der Waals surface area contributed by atoms with E-state index < -0.39 is 6.10 Å². The van der Waals surface area contributed by atoms with E-state index in [1.165, 1.54) is 0 Å². The minimum absolute atomic E-state index is 0.295. The smallest absolute Gasteiger partial charge is 0.120 e. The number of hydrogen-bond donors (Lipinski definition) is 1. The van der Waals surface area contributed by atoms with Crippen molar-refractivity contribution in [2.24, 2.45) is 0 Å². The lowest BCUT2D eigenvalue weighted by Gasteiger charge is -2.10. The number of aliphatic hydroxyl groups is 1. The van der Waals surface area contributed by atoms with Crippen molar-refractivity contribution in [3.63, 3.8) is 0 Å². The largest absolute Gasteiger partial charge is 0.491 e. The van der Waals surface area contributed by atoms with Gasteiger partial charge in [-0.1, -0.05) is 42.5 Å². The molecule has 0 saturated carbocycles. The molecule has 1 N–H and O–H groups in total. The van der Waals surface area contributed by atoms with Crippen molar-refractivity contribution in [1.82, 2.24) is 0 Å². The van der Waals surface area contributed by atoms with E-state index in [9.17, 15) is 5.11 Å². The molecule has 3 aromatic carbocycles. The van der Waals surface area contributed by atoms with Gasteiger partial charge < -0.3 is 14.6 Å². The third-order valence-electron chi connectivity index (χ3n) is 3.52. The Kier molecular flexibility index (Phi) is 4.79. The third-order valence-corrected chi connectivity index (χ3v) is 3.52. The molecule has 3 rings (SSSR count). The molecule has 0 bridgehead atoms. The molecule has 0 saturated heterocycles. The molecule has 3 nitrogen and oxygen atoms in total. The molecule has 0 fully saturated rings.